The van der Waals surface area contributed by atoms with Gasteiger partial charge >= 0.3 is 0 Å². The molecule has 0 aliphatic rings. The van der Waals surface area contributed by atoms with Crippen molar-refractivity contribution >= 4 is 17.2 Å². The van der Waals surface area contributed by atoms with E-state index in [4.69, 9.17) is 18.0 Å². The van der Waals surface area contributed by atoms with Crippen molar-refractivity contribution in [2.24, 2.45) is 5.73 Å². The van der Waals surface area contributed by atoms with Crippen LogP contribution in [0.25, 0.3) is 0 Å². The molecule has 0 atom stereocenters. The summed E-state index contributed by atoms with van der Waals surface area (Å²) in [6.45, 7) is 9.41. The minimum atomic E-state index is 0.601. The van der Waals surface area contributed by atoms with E-state index in [2.05, 4.69) is 43.9 Å². The maximum absolute atomic E-state index is 5.55. The molecule has 0 spiro atoms. The summed E-state index contributed by atoms with van der Waals surface area (Å²) in [7, 11) is 0. The zero-order valence-corrected chi connectivity index (χ0v) is 11.8. The van der Waals surface area contributed by atoms with E-state index < -0.39 is 0 Å². The molecule has 0 aliphatic heterocycles. The van der Waals surface area contributed by atoms with Gasteiger partial charge in [-0.2, -0.15) is 0 Å². The van der Waals surface area contributed by atoms with Crippen LogP contribution in [0.15, 0.2) is 18.2 Å². The Kier molecular flexibility index (Phi) is 5.59. The summed E-state index contributed by atoms with van der Waals surface area (Å²) in [6, 6.07) is 6.61. The van der Waals surface area contributed by atoms with Crippen molar-refractivity contribution < 1.29 is 0 Å². The second-order valence-electron chi connectivity index (χ2n) is 4.52. The molecule has 0 fully saturated rings. The van der Waals surface area contributed by atoms with Gasteiger partial charge in [-0.15, -0.1) is 0 Å². The number of aryl methyl sites for hydroxylation is 2. The quantitative estimate of drug-likeness (QED) is 0.787. The van der Waals surface area contributed by atoms with Crippen molar-refractivity contribution in [1.82, 2.24) is 4.90 Å². The van der Waals surface area contributed by atoms with Crippen LogP contribution in [0.4, 0.5) is 0 Å². The van der Waals surface area contributed by atoms with Gasteiger partial charge < -0.3 is 5.73 Å². The van der Waals surface area contributed by atoms with Crippen LogP contribution in [0.5, 0.6) is 0 Å². The van der Waals surface area contributed by atoms with Gasteiger partial charge in [-0.05, 0) is 31.5 Å². The van der Waals surface area contributed by atoms with Gasteiger partial charge in [-0.1, -0.05) is 42.9 Å². The molecule has 3 heteroatoms. The molecule has 17 heavy (non-hydrogen) atoms. The minimum absolute atomic E-state index is 0.601. The van der Waals surface area contributed by atoms with E-state index in [0.29, 0.717) is 4.99 Å². The summed E-state index contributed by atoms with van der Waals surface area (Å²) >= 11 is 4.92. The van der Waals surface area contributed by atoms with Gasteiger partial charge in [0.05, 0.1) is 4.99 Å². The molecule has 2 N–H and O–H groups in total. The first-order valence-corrected chi connectivity index (χ1v) is 6.50. The van der Waals surface area contributed by atoms with Gasteiger partial charge in [0.2, 0.25) is 0 Å². The number of benzene rings is 1. The lowest BCUT2D eigenvalue weighted by Gasteiger charge is -2.21. The van der Waals surface area contributed by atoms with Gasteiger partial charge in [0.15, 0.2) is 0 Å². The molecular formula is C14H22N2S. The Labute approximate surface area is 110 Å². The number of rotatable bonds is 6. The molecule has 0 radical (unpaired) electrons. The van der Waals surface area contributed by atoms with Crippen LogP contribution in [0.1, 0.15) is 30.0 Å². The molecule has 1 aromatic carbocycles. The van der Waals surface area contributed by atoms with Gasteiger partial charge in [0.25, 0.3) is 0 Å². The first-order valence-electron chi connectivity index (χ1n) is 6.09. The normalized spacial score (nSPS) is 10.8. The van der Waals surface area contributed by atoms with Crippen molar-refractivity contribution in [3.05, 3.63) is 34.9 Å². The molecule has 0 amide bonds. The highest BCUT2D eigenvalue weighted by Gasteiger charge is 2.06. The van der Waals surface area contributed by atoms with Crippen LogP contribution in [0.2, 0.25) is 0 Å². The van der Waals surface area contributed by atoms with E-state index in [9.17, 15) is 0 Å². The second kappa shape index (κ2) is 6.72. The standard InChI is InChI=1S/C14H22N2S/c1-4-16(8-7-14(15)17)10-13-9-11(2)5-6-12(13)3/h5-6,9H,4,7-8,10H2,1-3H3,(H2,15,17). The molecular weight excluding hydrogens is 228 g/mol. The second-order valence-corrected chi connectivity index (χ2v) is 5.04. The van der Waals surface area contributed by atoms with Crippen molar-refractivity contribution in [2.75, 3.05) is 13.1 Å². The van der Waals surface area contributed by atoms with Gasteiger partial charge in [0.1, 0.15) is 0 Å². The average molecular weight is 250 g/mol. The highest BCUT2D eigenvalue weighted by molar-refractivity contribution is 7.80. The Morgan fingerprint density at radius 3 is 2.65 bits per heavy atom. The number of nitrogens with two attached hydrogens (primary N) is 1. The van der Waals surface area contributed by atoms with Crippen LogP contribution in [0, 0.1) is 13.8 Å². The average Bonchev–Trinajstić information content (AvgIpc) is 2.28. The van der Waals surface area contributed by atoms with E-state index in [1.807, 2.05) is 0 Å². The maximum atomic E-state index is 5.55. The molecule has 0 heterocycles. The van der Waals surface area contributed by atoms with Gasteiger partial charge in [0, 0.05) is 19.5 Å². The molecule has 0 saturated carbocycles. The number of hydrogen-bond acceptors (Lipinski definition) is 2. The Bertz CT molecular complexity index is 388. The van der Waals surface area contributed by atoms with Crippen LogP contribution < -0.4 is 5.73 Å². The molecule has 1 rings (SSSR count). The summed E-state index contributed by atoms with van der Waals surface area (Å²) < 4.78 is 0. The number of hydrogen-bond donors (Lipinski definition) is 1. The predicted molar refractivity (Wildman–Crippen MR) is 78.3 cm³/mol. The SMILES string of the molecule is CCN(CCC(N)=S)Cc1cc(C)ccc1C. The van der Waals surface area contributed by atoms with Crippen LogP contribution in [0.3, 0.4) is 0 Å². The fourth-order valence-corrected chi connectivity index (χ4v) is 1.92. The molecule has 0 bridgehead atoms. The summed E-state index contributed by atoms with van der Waals surface area (Å²) in [6.07, 6.45) is 0.800. The lowest BCUT2D eigenvalue weighted by molar-refractivity contribution is 0.288. The van der Waals surface area contributed by atoms with Crippen LogP contribution in [-0.4, -0.2) is 23.0 Å². The van der Waals surface area contributed by atoms with Crippen LogP contribution >= 0.6 is 12.2 Å². The Morgan fingerprint density at radius 2 is 2.06 bits per heavy atom. The molecule has 2 nitrogen and oxygen atoms in total. The third kappa shape index (κ3) is 4.84. The van der Waals surface area contributed by atoms with Gasteiger partial charge in [-0.25, -0.2) is 0 Å². The summed E-state index contributed by atoms with van der Waals surface area (Å²) in [5, 5.41) is 0. The molecule has 1 aromatic rings. The van der Waals surface area contributed by atoms with E-state index >= 15 is 0 Å². The summed E-state index contributed by atoms with van der Waals surface area (Å²) in [5.41, 5.74) is 9.61. The molecule has 0 aliphatic carbocycles. The van der Waals surface area contributed by atoms with E-state index in [1.165, 1.54) is 16.7 Å². The summed E-state index contributed by atoms with van der Waals surface area (Å²) in [4.78, 5) is 2.98. The van der Waals surface area contributed by atoms with Crippen molar-refractivity contribution in [3.63, 3.8) is 0 Å². The highest BCUT2D eigenvalue weighted by Crippen LogP contribution is 2.13. The third-order valence-electron chi connectivity index (χ3n) is 3.02. The highest BCUT2D eigenvalue weighted by atomic mass is 32.1. The third-order valence-corrected chi connectivity index (χ3v) is 3.22. The van der Waals surface area contributed by atoms with Crippen molar-refractivity contribution in [1.29, 1.82) is 0 Å². The van der Waals surface area contributed by atoms with Gasteiger partial charge in [-0.3, -0.25) is 4.90 Å². The Balaban J connectivity index is 2.66. The summed E-state index contributed by atoms with van der Waals surface area (Å²) in [5.74, 6) is 0. The molecule has 0 saturated heterocycles. The topological polar surface area (TPSA) is 29.3 Å². The number of nitrogens with zero attached hydrogens (tertiary/aromatic N) is 1. The van der Waals surface area contributed by atoms with Crippen molar-refractivity contribution in [2.45, 2.75) is 33.7 Å². The van der Waals surface area contributed by atoms with Crippen molar-refractivity contribution in [3.8, 4) is 0 Å². The molecule has 94 valence electrons. The fraction of sp³-hybridized carbons (Fsp3) is 0.500. The Hall–Kier alpha value is -0.930. The van der Waals surface area contributed by atoms with Crippen LogP contribution in [-0.2, 0) is 6.54 Å². The smallest absolute Gasteiger partial charge is 0.0740 e. The zero-order chi connectivity index (χ0) is 12.8. The molecule has 0 aromatic heterocycles. The first kappa shape index (κ1) is 14.1. The lowest BCUT2D eigenvalue weighted by atomic mass is 10.1. The molecule has 0 unspecified atom stereocenters. The monoisotopic (exact) mass is 250 g/mol. The van der Waals surface area contributed by atoms with E-state index in [1.54, 1.807) is 0 Å². The van der Waals surface area contributed by atoms with E-state index in [0.717, 1.165) is 26.1 Å². The largest absolute Gasteiger partial charge is 0.393 e. The first-order chi connectivity index (χ1) is 8.02. The minimum Gasteiger partial charge on any atom is -0.393 e. The zero-order valence-electron chi connectivity index (χ0n) is 11.0. The fourth-order valence-electron chi connectivity index (χ4n) is 1.83. The van der Waals surface area contributed by atoms with E-state index in [-0.39, 0.29) is 0 Å². The maximum Gasteiger partial charge on any atom is 0.0740 e. The lowest BCUT2D eigenvalue weighted by Crippen LogP contribution is -2.27. The predicted octanol–water partition coefficient (Wildman–Crippen LogP) is 2.80. The number of thiocarbonyl (C=S) groups is 1. The Morgan fingerprint density at radius 1 is 1.35 bits per heavy atom.